The molecule has 0 saturated carbocycles. The second-order valence-corrected chi connectivity index (χ2v) is 5.55. The van der Waals surface area contributed by atoms with Gasteiger partial charge in [0, 0.05) is 12.6 Å². The van der Waals surface area contributed by atoms with Crippen molar-refractivity contribution in [3.63, 3.8) is 0 Å². The Kier molecular flexibility index (Phi) is 4.52. The molecule has 1 heterocycles. The van der Waals surface area contributed by atoms with Gasteiger partial charge in [0.2, 0.25) is 0 Å². The molecule has 0 aliphatic carbocycles. The molecule has 1 aromatic rings. The molecule has 0 radical (unpaired) electrons. The molecular formula is C15H22ClNO. The van der Waals surface area contributed by atoms with Gasteiger partial charge in [0.25, 0.3) is 0 Å². The Labute approximate surface area is 115 Å². The first-order valence-corrected chi connectivity index (χ1v) is 7.25. The molecule has 0 bridgehead atoms. The standard InChI is InChI=1S/C15H22ClNO/c1-3-13-6-4-5-9-17(13)15-8-7-12(11(2)18)10-14(15)16/h7-8,10-11,13,18H,3-6,9H2,1-2H3. The van der Waals surface area contributed by atoms with Gasteiger partial charge in [0.15, 0.2) is 0 Å². The van der Waals surface area contributed by atoms with E-state index >= 15 is 0 Å². The van der Waals surface area contributed by atoms with E-state index in [2.05, 4.69) is 17.9 Å². The monoisotopic (exact) mass is 267 g/mol. The molecule has 1 saturated heterocycles. The number of nitrogens with zero attached hydrogens (tertiary/aromatic N) is 1. The van der Waals surface area contributed by atoms with Crippen LogP contribution in [-0.2, 0) is 0 Å². The first-order chi connectivity index (χ1) is 8.63. The second kappa shape index (κ2) is 5.94. The largest absolute Gasteiger partial charge is 0.389 e. The molecule has 1 fully saturated rings. The molecule has 1 aliphatic heterocycles. The average Bonchev–Trinajstić information content (AvgIpc) is 2.38. The maximum Gasteiger partial charge on any atom is 0.0762 e. The highest BCUT2D eigenvalue weighted by Gasteiger charge is 2.22. The van der Waals surface area contributed by atoms with Gasteiger partial charge >= 0.3 is 0 Å². The third-order valence-corrected chi connectivity index (χ3v) is 4.16. The maximum absolute atomic E-state index is 9.58. The summed E-state index contributed by atoms with van der Waals surface area (Å²) >= 11 is 6.38. The molecule has 3 heteroatoms. The number of hydrogen-bond acceptors (Lipinski definition) is 2. The summed E-state index contributed by atoms with van der Waals surface area (Å²) in [6.45, 7) is 5.09. The molecule has 2 nitrogen and oxygen atoms in total. The van der Waals surface area contributed by atoms with Crippen LogP contribution in [0.15, 0.2) is 18.2 Å². The van der Waals surface area contributed by atoms with Gasteiger partial charge in [0.1, 0.15) is 0 Å². The first kappa shape index (κ1) is 13.7. The van der Waals surface area contributed by atoms with E-state index in [1.807, 2.05) is 12.1 Å². The molecule has 0 amide bonds. The minimum Gasteiger partial charge on any atom is -0.389 e. The topological polar surface area (TPSA) is 23.5 Å². The van der Waals surface area contributed by atoms with Gasteiger partial charge in [-0.2, -0.15) is 0 Å². The normalized spacial score (nSPS) is 22.0. The van der Waals surface area contributed by atoms with Gasteiger partial charge in [-0.05, 0) is 50.3 Å². The zero-order valence-corrected chi connectivity index (χ0v) is 12.0. The van der Waals surface area contributed by atoms with Crippen LogP contribution in [0.1, 0.15) is 51.2 Å². The van der Waals surface area contributed by atoms with Crippen molar-refractivity contribution in [2.75, 3.05) is 11.4 Å². The number of anilines is 1. The SMILES string of the molecule is CCC1CCCCN1c1ccc(C(C)O)cc1Cl. The zero-order chi connectivity index (χ0) is 13.1. The Morgan fingerprint density at radius 1 is 1.44 bits per heavy atom. The quantitative estimate of drug-likeness (QED) is 0.889. The summed E-state index contributed by atoms with van der Waals surface area (Å²) in [5.41, 5.74) is 2.00. The van der Waals surface area contributed by atoms with Crippen molar-refractivity contribution in [3.8, 4) is 0 Å². The number of hydrogen-bond donors (Lipinski definition) is 1. The van der Waals surface area contributed by atoms with Crippen LogP contribution < -0.4 is 4.90 Å². The average molecular weight is 268 g/mol. The summed E-state index contributed by atoms with van der Waals surface area (Å²) < 4.78 is 0. The van der Waals surface area contributed by atoms with Crippen LogP contribution in [0, 0.1) is 0 Å². The van der Waals surface area contributed by atoms with Crippen molar-refractivity contribution in [1.29, 1.82) is 0 Å². The Bertz CT molecular complexity index is 405. The fourth-order valence-corrected chi connectivity index (χ4v) is 3.06. The fourth-order valence-electron chi connectivity index (χ4n) is 2.76. The first-order valence-electron chi connectivity index (χ1n) is 6.87. The third kappa shape index (κ3) is 2.81. The van der Waals surface area contributed by atoms with Crippen LogP contribution >= 0.6 is 11.6 Å². The molecule has 0 spiro atoms. The molecule has 1 N–H and O–H groups in total. The third-order valence-electron chi connectivity index (χ3n) is 3.86. The molecular weight excluding hydrogens is 246 g/mol. The van der Waals surface area contributed by atoms with Gasteiger partial charge in [-0.15, -0.1) is 0 Å². The van der Waals surface area contributed by atoms with Crippen LogP contribution in [-0.4, -0.2) is 17.7 Å². The highest BCUT2D eigenvalue weighted by molar-refractivity contribution is 6.33. The van der Waals surface area contributed by atoms with Gasteiger partial charge in [-0.3, -0.25) is 0 Å². The van der Waals surface area contributed by atoms with Crippen molar-refractivity contribution in [2.24, 2.45) is 0 Å². The number of benzene rings is 1. The van der Waals surface area contributed by atoms with Crippen LogP contribution in [0.5, 0.6) is 0 Å². The number of rotatable bonds is 3. The highest BCUT2D eigenvalue weighted by Crippen LogP contribution is 2.33. The molecule has 1 aliphatic rings. The van der Waals surface area contributed by atoms with Crippen LogP contribution in [0.2, 0.25) is 5.02 Å². The summed E-state index contributed by atoms with van der Waals surface area (Å²) in [7, 11) is 0. The highest BCUT2D eigenvalue weighted by atomic mass is 35.5. The van der Waals surface area contributed by atoms with Crippen molar-refractivity contribution in [2.45, 2.75) is 51.7 Å². The summed E-state index contributed by atoms with van der Waals surface area (Å²) in [5.74, 6) is 0. The molecule has 2 rings (SSSR count). The molecule has 18 heavy (non-hydrogen) atoms. The number of aliphatic hydroxyl groups is 1. The second-order valence-electron chi connectivity index (χ2n) is 5.14. The number of halogens is 1. The lowest BCUT2D eigenvalue weighted by molar-refractivity contribution is 0.199. The van der Waals surface area contributed by atoms with E-state index < -0.39 is 6.10 Å². The maximum atomic E-state index is 9.58. The summed E-state index contributed by atoms with van der Waals surface area (Å²) in [5, 5.41) is 10.3. The van der Waals surface area contributed by atoms with E-state index in [1.165, 1.54) is 19.3 Å². The minimum absolute atomic E-state index is 0.458. The van der Waals surface area contributed by atoms with E-state index in [1.54, 1.807) is 6.92 Å². The van der Waals surface area contributed by atoms with Crippen LogP contribution in [0.4, 0.5) is 5.69 Å². The lowest BCUT2D eigenvalue weighted by Crippen LogP contribution is -2.39. The zero-order valence-electron chi connectivity index (χ0n) is 11.2. The van der Waals surface area contributed by atoms with Crippen molar-refractivity contribution in [1.82, 2.24) is 0 Å². The molecule has 1 aromatic carbocycles. The van der Waals surface area contributed by atoms with E-state index in [0.717, 1.165) is 29.2 Å². The predicted molar refractivity (Wildman–Crippen MR) is 77.4 cm³/mol. The summed E-state index contributed by atoms with van der Waals surface area (Å²) in [6, 6.07) is 6.53. The predicted octanol–water partition coefficient (Wildman–Crippen LogP) is 4.16. The Hall–Kier alpha value is -0.730. The summed E-state index contributed by atoms with van der Waals surface area (Å²) in [4.78, 5) is 2.43. The van der Waals surface area contributed by atoms with Crippen LogP contribution in [0.25, 0.3) is 0 Å². The number of aliphatic hydroxyl groups excluding tert-OH is 1. The van der Waals surface area contributed by atoms with Crippen molar-refractivity contribution < 1.29 is 5.11 Å². The Morgan fingerprint density at radius 2 is 2.22 bits per heavy atom. The van der Waals surface area contributed by atoms with Gasteiger partial charge in [-0.25, -0.2) is 0 Å². The minimum atomic E-state index is -0.458. The fraction of sp³-hybridized carbons (Fsp3) is 0.600. The lowest BCUT2D eigenvalue weighted by atomic mass is 9.98. The Morgan fingerprint density at radius 3 is 2.83 bits per heavy atom. The molecule has 0 aromatic heterocycles. The summed E-state index contributed by atoms with van der Waals surface area (Å²) in [6.07, 6.45) is 4.52. The smallest absolute Gasteiger partial charge is 0.0762 e. The molecule has 2 unspecified atom stereocenters. The van der Waals surface area contributed by atoms with Gasteiger partial charge in [-0.1, -0.05) is 24.6 Å². The molecule has 2 atom stereocenters. The van der Waals surface area contributed by atoms with Crippen LogP contribution in [0.3, 0.4) is 0 Å². The van der Waals surface area contributed by atoms with Crippen molar-refractivity contribution in [3.05, 3.63) is 28.8 Å². The van der Waals surface area contributed by atoms with Gasteiger partial charge in [0.05, 0.1) is 16.8 Å². The van der Waals surface area contributed by atoms with Crippen molar-refractivity contribution >= 4 is 17.3 Å². The lowest BCUT2D eigenvalue weighted by Gasteiger charge is -2.37. The number of piperidine rings is 1. The molecule has 100 valence electrons. The van der Waals surface area contributed by atoms with E-state index in [0.29, 0.717) is 6.04 Å². The van der Waals surface area contributed by atoms with E-state index in [-0.39, 0.29) is 0 Å². The van der Waals surface area contributed by atoms with Gasteiger partial charge < -0.3 is 10.0 Å². The van der Waals surface area contributed by atoms with E-state index in [9.17, 15) is 5.11 Å². The Balaban J connectivity index is 2.26. The van der Waals surface area contributed by atoms with E-state index in [4.69, 9.17) is 11.6 Å².